The van der Waals surface area contributed by atoms with Crippen LogP contribution in [0.4, 0.5) is 0 Å². The SMILES string of the molecule is CC/C=C\C/C=C\C/C=C\C/C=C\C/C=C\C/C=C\CCC(=O)OCC(COC(=O)CCC/C=C\CCCCCC)OC(=O)CC/C=C\C/C=C\C/C=C\C/C=C\C/C=C\C/C=C\CC. The van der Waals surface area contributed by atoms with Crippen LogP contribution in [0.5, 0.6) is 0 Å². The number of carbonyl (C=O) groups is 3. The molecular formula is C59H88O6. The zero-order valence-electron chi connectivity index (χ0n) is 40.9. The van der Waals surface area contributed by atoms with E-state index in [-0.39, 0.29) is 38.4 Å². The molecule has 0 bridgehead atoms. The highest BCUT2D eigenvalue weighted by Gasteiger charge is 2.19. The molecule has 0 aliphatic rings. The molecule has 0 aliphatic carbocycles. The highest BCUT2D eigenvalue weighted by molar-refractivity contribution is 5.71. The Labute approximate surface area is 397 Å². The van der Waals surface area contributed by atoms with Crippen LogP contribution in [0.2, 0.25) is 0 Å². The molecule has 0 spiro atoms. The first-order valence-corrected chi connectivity index (χ1v) is 25.0. The van der Waals surface area contributed by atoms with Crippen LogP contribution in [-0.4, -0.2) is 37.2 Å². The Hall–Kier alpha value is -4.97. The molecule has 6 nitrogen and oxygen atoms in total. The largest absolute Gasteiger partial charge is 0.462 e. The molecule has 0 rings (SSSR count). The van der Waals surface area contributed by atoms with Gasteiger partial charge in [0, 0.05) is 19.3 Å². The van der Waals surface area contributed by atoms with Gasteiger partial charge in [0.2, 0.25) is 0 Å². The van der Waals surface area contributed by atoms with E-state index in [0.717, 1.165) is 89.9 Å². The molecule has 0 N–H and O–H groups in total. The Morgan fingerprint density at radius 2 is 0.631 bits per heavy atom. The van der Waals surface area contributed by atoms with Crippen LogP contribution in [0, 0.1) is 0 Å². The molecule has 65 heavy (non-hydrogen) atoms. The molecule has 0 saturated heterocycles. The van der Waals surface area contributed by atoms with Crippen molar-refractivity contribution >= 4 is 17.9 Å². The number of hydrogen-bond donors (Lipinski definition) is 0. The van der Waals surface area contributed by atoms with Crippen LogP contribution < -0.4 is 0 Å². The van der Waals surface area contributed by atoms with Crippen LogP contribution >= 0.6 is 0 Å². The van der Waals surface area contributed by atoms with Gasteiger partial charge in [0.25, 0.3) is 0 Å². The number of unbranched alkanes of at least 4 members (excludes halogenated alkanes) is 5. The van der Waals surface area contributed by atoms with Gasteiger partial charge < -0.3 is 14.2 Å². The smallest absolute Gasteiger partial charge is 0.306 e. The van der Waals surface area contributed by atoms with Gasteiger partial charge in [-0.2, -0.15) is 0 Å². The quantitative estimate of drug-likeness (QED) is 0.0263. The van der Waals surface area contributed by atoms with Gasteiger partial charge in [0.05, 0.1) is 0 Å². The third-order valence-electron chi connectivity index (χ3n) is 9.52. The van der Waals surface area contributed by atoms with Crippen LogP contribution in [0.1, 0.15) is 175 Å². The first-order chi connectivity index (χ1) is 32.0. The maximum atomic E-state index is 12.7. The summed E-state index contributed by atoms with van der Waals surface area (Å²) in [6, 6.07) is 0. The van der Waals surface area contributed by atoms with Gasteiger partial charge in [0.15, 0.2) is 6.10 Å². The van der Waals surface area contributed by atoms with Gasteiger partial charge >= 0.3 is 17.9 Å². The van der Waals surface area contributed by atoms with E-state index in [1.165, 1.54) is 25.7 Å². The summed E-state index contributed by atoms with van der Waals surface area (Å²) in [5, 5.41) is 0. The Bertz CT molecular complexity index is 1540. The van der Waals surface area contributed by atoms with E-state index in [4.69, 9.17) is 14.2 Å². The Morgan fingerprint density at radius 1 is 0.323 bits per heavy atom. The average molecular weight is 893 g/mol. The number of allylic oxidation sites excluding steroid dienone is 26. The standard InChI is InChI=1S/C59H88O6/c1-4-7-10-13-16-19-21-23-25-27-29-31-33-35-37-40-43-46-49-52-58(61)64-55-56(54-63-57(60)51-48-45-42-39-18-15-12-9-6-3)65-59(62)53-50-47-44-41-38-36-34-32-30-28-26-24-22-20-17-14-11-8-5-2/h7-8,10-11,16-17,19-20,23-26,29-32,35-39,42-44,46-47,56H,4-6,9,12-15,18,21-22,27-28,33-34,40-41,45,48-55H2,1-3H3/b10-7-,11-8-,19-16-,20-17-,25-23-,26-24-,31-29-,32-30-,37-35-,38-36-,42-39-,46-43-,47-44-. The molecule has 0 aromatic rings. The molecule has 0 fully saturated rings. The molecule has 6 heteroatoms. The fourth-order valence-electron chi connectivity index (χ4n) is 5.85. The highest BCUT2D eigenvalue weighted by atomic mass is 16.6. The summed E-state index contributed by atoms with van der Waals surface area (Å²) < 4.78 is 16.6. The van der Waals surface area contributed by atoms with E-state index in [9.17, 15) is 14.4 Å². The predicted octanol–water partition coefficient (Wildman–Crippen LogP) is 16.6. The summed E-state index contributed by atoms with van der Waals surface area (Å²) in [7, 11) is 0. The van der Waals surface area contributed by atoms with Gasteiger partial charge in [-0.15, -0.1) is 0 Å². The Balaban J connectivity index is 4.63. The molecule has 360 valence electrons. The van der Waals surface area contributed by atoms with E-state index >= 15 is 0 Å². The summed E-state index contributed by atoms with van der Waals surface area (Å²) >= 11 is 0. The molecule has 0 aromatic heterocycles. The third-order valence-corrected chi connectivity index (χ3v) is 9.52. The fourth-order valence-corrected chi connectivity index (χ4v) is 5.85. The predicted molar refractivity (Wildman–Crippen MR) is 278 cm³/mol. The van der Waals surface area contributed by atoms with E-state index in [2.05, 4.69) is 154 Å². The zero-order chi connectivity index (χ0) is 47.2. The lowest BCUT2D eigenvalue weighted by atomic mass is 10.1. The van der Waals surface area contributed by atoms with Crippen LogP contribution in [-0.2, 0) is 28.6 Å². The summed E-state index contributed by atoms with van der Waals surface area (Å²) in [6.45, 7) is 6.18. The monoisotopic (exact) mass is 893 g/mol. The first-order valence-electron chi connectivity index (χ1n) is 25.0. The number of hydrogen-bond acceptors (Lipinski definition) is 6. The summed E-state index contributed by atoms with van der Waals surface area (Å²) in [5.41, 5.74) is 0. The summed E-state index contributed by atoms with van der Waals surface area (Å²) in [6.07, 6.45) is 75.5. The molecule has 1 atom stereocenters. The number of rotatable bonds is 42. The first kappa shape index (κ1) is 60.0. The second-order valence-electron chi connectivity index (χ2n) is 15.6. The third kappa shape index (κ3) is 49.9. The molecule has 0 aliphatic heterocycles. The van der Waals surface area contributed by atoms with Crippen molar-refractivity contribution in [3.05, 3.63) is 158 Å². The maximum Gasteiger partial charge on any atom is 0.306 e. The van der Waals surface area contributed by atoms with Gasteiger partial charge in [0.1, 0.15) is 13.2 Å². The van der Waals surface area contributed by atoms with Crippen molar-refractivity contribution in [2.45, 2.75) is 181 Å². The van der Waals surface area contributed by atoms with Crippen molar-refractivity contribution in [3.63, 3.8) is 0 Å². The van der Waals surface area contributed by atoms with E-state index in [1.54, 1.807) is 0 Å². The van der Waals surface area contributed by atoms with Crippen LogP contribution in [0.25, 0.3) is 0 Å². The fraction of sp³-hybridized carbons (Fsp3) is 0.508. The van der Waals surface area contributed by atoms with Gasteiger partial charge in [-0.1, -0.05) is 198 Å². The highest BCUT2D eigenvalue weighted by Crippen LogP contribution is 2.08. The van der Waals surface area contributed by atoms with Gasteiger partial charge in [-0.25, -0.2) is 0 Å². The lowest BCUT2D eigenvalue weighted by Crippen LogP contribution is -2.30. The minimum Gasteiger partial charge on any atom is -0.462 e. The zero-order valence-corrected chi connectivity index (χ0v) is 40.9. The van der Waals surface area contributed by atoms with Crippen molar-refractivity contribution in [1.82, 2.24) is 0 Å². The lowest BCUT2D eigenvalue weighted by molar-refractivity contribution is -0.166. The van der Waals surface area contributed by atoms with Crippen molar-refractivity contribution in [3.8, 4) is 0 Å². The normalized spacial score (nSPS) is 13.5. The number of ether oxygens (including phenoxy) is 3. The van der Waals surface area contributed by atoms with Crippen molar-refractivity contribution < 1.29 is 28.6 Å². The van der Waals surface area contributed by atoms with E-state index in [0.29, 0.717) is 19.3 Å². The molecule has 0 saturated carbocycles. The maximum absolute atomic E-state index is 12.7. The van der Waals surface area contributed by atoms with Crippen LogP contribution in [0.3, 0.4) is 0 Å². The Morgan fingerprint density at radius 3 is 1.00 bits per heavy atom. The molecule has 0 amide bonds. The molecule has 0 heterocycles. The minimum atomic E-state index is -0.866. The van der Waals surface area contributed by atoms with Gasteiger partial charge in [-0.3, -0.25) is 14.4 Å². The lowest BCUT2D eigenvalue weighted by Gasteiger charge is -2.18. The second-order valence-corrected chi connectivity index (χ2v) is 15.6. The van der Waals surface area contributed by atoms with E-state index < -0.39 is 18.0 Å². The molecule has 0 radical (unpaired) electrons. The number of esters is 3. The molecule has 0 aromatic carbocycles. The summed E-state index contributed by atoms with van der Waals surface area (Å²) in [4.78, 5) is 37.8. The average Bonchev–Trinajstić information content (AvgIpc) is 3.30. The van der Waals surface area contributed by atoms with Gasteiger partial charge in [-0.05, 0) is 116 Å². The minimum absolute atomic E-state index is 0.155. The van der Waals surface area contributed by atoms with Crippen molar-refractivity contribution in [2.24, 2.45) is 0 Å². The van der Waals surface area contributed by atoms with E-state index in [1.807, 2.05) is 24.3 Å². The topological polar surface area (TPSA) is 78.9 Å². The number of carbonyl (C=O) groups excluding carboxylic acids is 3. The Kier molecular flexibility index (Phi) is 47.7. The van der Waals surface area contributed by atoms with Crippen LogP contribution in [0.15, 0.2) is 158 Å². The molecular weight excluding hydrogens is 805 g/mol. The summed E-state index contributed by atoms with van der Waals surface area (Å²) in [5.74, 6) is -1.18. The van der Waals surface area contributed by atoms with Crippen molar-refractivity contribution in [1.29, 1.82) is 0 Å². The molecule has 1 unspecified atom stereocenters. The second kappa shape index (κ2) is 51.7. The van der Waals surface area contributed by atoms with Crippen molar-refractivity contribution in [2.75, 3.05) is 13.2 Å².